The molecule has 0 amide bonds. The number of thiazole rings is 1. The third-order valence-electron chi connectivity index (χ3n) is 6.68. The Balaban J connectivity index is 1.49. The third kappa shape index (κ3) is 6.26. The summed E-state index contributed by atoms with van der Waals surface area (Å²) in [7, 11) is -2.21. The van der Waals surface area contributed by atoms with Crippen molar-refractivity contribution >= 4 is 26.5 Å². The van der Waals surface area contributed by atoms with E-state index >= 15 is 0 Å². The van der Waals surface area contributed by atoms with Crippen molar-refractivity contribution in [3.8, 4) is 16.2 Å². The Hall–Kier alpha value is -1.68. The van der Waals surface area contributed by atoms with Gasteiger partial charge < -0.3 is 15.4 Å². The largest absolute Gasteiger partial charge is 0.495 e. The molecular formula is C24H36N4O3S2. The number of hydrogen-bond acceptors (Lipinski definition) is 7. The van der Waals surface area contributed by atoms with Crippen LogP contribution >= 0.6 is 11.3 Å². The van der Waals surface area contributed by atoms with Crippen molar-refractivity contribution in [2.24, 2.45) is 5.92 Å². The summed E-state index contributed by atoms with van der Waals surface area (Å²) >= 11 is 1.58. The van der Waals surface area contributed by atoms with Crippen LogP contribution in [0, 0.1) is 12.8 Å². The minimum Gasteiger partial charge on any atom is -0.495 e. The summed E-state index contributed by atoms with van der Waals surface area (Å²) in [6, 6.07) is 5.25. The molecule has 2 aromatic rings. The van der Waals surface area contributed by atoms with Gasteiger partial charge in [0.1, 0.15) is 10.6 Å². The van der Waals surface area contributed by atoms with Crippen LogP contribution in [0.25, 0.3) is 10.4 Å². The van der Waals surface area contributed by atoms with Gasteiger partial charge in [-0.1, -0.05) is 43.4 Å². The molecule has 1 aliphatic carbocycles. The van der Waals surface area contributed by atoms with Gasteiger partial charge in [-0.25, -0.2) is 18.1 Å². The second kappa shape index (κ2) is 11.2. The van der Waals surface area contributed by atoms with Crippen molar-refractivity contribution < 1.29 is 13.2 Å². The number of piperidine rings is 1. The van der Waals surface area contributed by atoms with Crippen molar-refractivity contribution in [3.05, 3.63) is 23.9 Å². The lowest BCUT2D eigenvalue weighted by Gasteiger charge is -2.24. The number of benzene rings is 1. The lowest BCUT2D eigenvalue weighted by molar-refractivity contribution is 0.345. The molecular weight excluding hydrogens is 456 g/mol. The van der Waals surface area contributed by atoms with Crippen molar-refractivity contribution in [3.63, 3.8) is 0 Å². The number of rotatable bonds is 9. The van der Waals surface area contributed by atoms with Gasteiger partial charge in [0, 0.05) is 19.1 Å². The zero-order chi connectivity index (χ0) is 23.3. The highest BCUT2D eigenvalue weighted by atomic mass is 32.2. The number of ether oxygens (including phenoxy) is 1. The number of anilines is 1. The van der Waals surface area contributed by atoms with Crippen LogP contribution in [0.3, 0.4) is 0 Å². The maximum absolute atomic E-state index is 13.2. The molecule has 0 radical (unpaired) electrons. The molecule has 33 heavy (non-hydrogen) atoms. The molecule has 9 heteroatoms. The van der Waals surface area contributed by atoms with Gasteiger partial charge >= 0.3 is 0 Å². The first-order valence-electron chi connectivity index (χ1n) is 12.1. The van der Waals surface area contributed by atoms with Crippen molar-refractivity contribution in [1.82, 2.24) is 15.0 Å². The van der Waals surface area contributed by atoms with Gasteiger partial charge in [0.05, 0.1) is 17.7 Å². The van der Waals surface area contributed by atoms with Crippen LogP contribution in [-0.4, -0.2) is 46.2 Å². The summed E-state index contributed by atoms with van der Waals surface area (Å²) in [6.45, 7) is 4.48. The summed E-state index contributed by atoms with van der Waals surface area (Å²) in [5.74, 6) is 1.18. The van der Waals surface area contributed by atoms with E-state index in [9.17, 15) is 8.42 Å². The second-order valence-corrected chi connectivity index (χ2v) is 11.9. The molecule has 2 aliphatic rings. The third-order valence-corrected chi connectivity index (χ3v) is 9.39. The maximum Gasteiger partial charge on any atom is 0.244 e. The molecule has 4 rings (SSSR count). The van der Waals surface area contributed by atoms with Crippen LogP contribution in [-0.2, 0) is 10.0 Å². The van der Waals surface area contributed by atoms with Gasteiger partial charge in [-0.3, -0.25) is 0 Å². The molecule has 3 N–H and O–H groups in total. The first-order chi connectivity index (χ1) is 16.0. The molecule has 1 aliphatic heterocycles. The zero-order valence-corrected chi connectivity index (χ0v) is 21.3. The number of aryl methyl sites for hydroxylation is 1. The summed E-state index contributed by atoms with van der Waals surface area (Å²) < 4.78 is 34.7. The van der Waals surface area contributed by atoms with Gasteiger partial charge in [-0.05, 0) is 62.4 Å². The van der Waals surface area contributed by atoms with E-state index in [0.717, 1.165) is 53.1 Å². The fourth-order valence-corrected chi connectivity index (χ4v) is 7.32. The van der Waals surface area contributed by atoms with E-state index in [1.807, 2.05) is 13.0 Å². The Morgan fingerprint density at radius 3 is 2.73 bits per heavy atom. The predicted molar refractivity (Wildman–Crippen MR) is 135 cm³/mol. The first kappa shape index (κ1) is 24.4. The molecule has 1 aromatic carbocycles. The average Bonchev–Trinajstić information content (AvgIpc) is 3.20. The van der Waals surface area contributed by atoms with E-state index in [2.05, 4.69) is 15.4 Å². The zero-order valence-electron chi connectivity index (χ0n) is 19.7. The average molecular weight is 493 g/mol. The van der Waals surface area contributed by atoms with Crippen LogP contribution in [0.2, 0.25) is 0 Å². The van der Waals surface area contributed by atoms with Gasteiger partial charge in [-0.2, -0.15) is 0 Å². The van der Waals surface area contributed by atoms with Gasteiger partial charge in [0.15, 0.2) is 5.13 Å². The number of nitrogens with zero attached hydrogens (tertiary/aromatic N) is 1. The lowest BCUT2D eigenvalue weighted by Crippen LogP contribution is -2.45. The molecule has 182 valence electrons. The molecule has 1 saturated carbocycles. The van der Waals surface area contributed by atoms with E-state index < -0.39 is 10.0 Å². The van der Waals surface area contributed by atoms with E-state index in [1.165, 1.54) is 45.6 Å². The van der Waals surface area contributed by atoms with Crippen LogP contribution in [0.5, 0.6) is 5.75 Å². The molecule has 7 nitrogen and oxygen atoms in total. The molecule has 1 atom stereocenters. The molecule has 1 saturated heterocycles. The maximum atomic E-state index is 13.2. The molecule has 2 fully saturated rings. The van der Waals surface area contributed by atoms with Crippen molar-refractivity contribution in [2.75, 3.05) is 32.1 Å². The first-order valence-corrected chi connectivity index (χ1v) is 14.4. The number of aromatic nitrogens is 1. The summed E-state index contributed by atoms with van der Waals surface area (Å²) in [4.78, 5) is 5.85. The standard InChI is InChI=1S/C24H36N4O3S2/c1-17-23(32-24(27-17)26-14-12-18-7-4-3-5-8-18)19-10-11-21(31-2)22(15-19)33(29,30)28-20-9-6-13-25-16-20/h10-11,15,18,20,25,28H,3-9,12-14,16H2,1-2H3,(H,26,27). The van der Waals surface area contributed by atoms with Gasteiger partial charge in [0.25, 0.3) is 0 Å². The number of nitrogens with one attached hydrogen (secondary N) is 3. The molecule has 0 bridgehead atoms. The van der Waals surface area contributed by atoms with Crippen molar-refractivity contribution in [2.45, 2.75) is 69.2 Å². The Morgan fingerprint density at radius 2 is 2.00 bits per heavy atom. The molecule has 2 heterocycles. The lowest BCUT2D eigenvalue weighted by atomic mass is 9.87. The van der Waals surface area contributed by atoms with Crippen LogP contribution in [0.4, 0.5) is 5.13 Å². The predicted octanol–water partition coefficient (Wildman–Crippen LogP) is 4.54. The van der Waals surface area contributed by atoms with E-state index in [1.54, 1.807) is 23.5 Å². The fourth-order valence-electron chi connectivity index (χ4n) is 4.86. The summed E-state index contributed by atoms with van der Waals surface area (Å²) in [5.41, 5.74) is 1.74. The molecule has 1 aromatic heterocycles. The van der Waals surface area contributed by atoms with E-state index in [0.29, 0.717) is 12.3 Å². The smallest absolute Gasteiger partial charge is 0.244 e. The Labute approximate surface area is 201 Å². The Kier molecular flexibility index (Phi) is 8.27. The minimum absolute atomic E-state index is 0.109. The topological polar surface area (TPSA) is 92.3 Å². The second-order valence-electron chi connectivity index (χ2n) is 9.18. The number of methoxy groups -OCH3 is 1. The van der Waals surface area contributed by atoms with Crippen LogP contribution in [0.1, 0.15) is 57.1 Å². The summed E-state index contributed by atoms with van der Waals surface area (Å²) in [5, 5.41) is 7.63. The highest BCUT2D eigenvalue weighted by Gasteiger charge is 2.26. The molecule has 1 unspecified atom stereocenters. The normalized spacial score (nSPS) is 20.0. The van der Waals surface area contributed by atoms with Gasteiger partial charge in [-0.15, -0.1) is 0 Å². The molecule has 0 spiro atoms. The highest BCUT2D eigenvalue weighted by Crippen LogP contribution is 2.37. The Morgan fingerprint density at radius 1 is 1.18 bits per heavy atom. The van der Waals surface area contributed by atoms with E-state index in [4.69, 9.17) is 9.72 Å². The number of hydrogen-bond donors (Lipinski definition) is 3. The van der Waals surface area contributed by atoms with Crippen molar-refractivity contribution in [1.29, 1.82) is 0 Å². The fraction of sp³-hybridized carbons (Fsp3) is 0.625. The minimum atomic E-state index is -3.71. The van der Waals surface area contributed by atoms with Crippen LogP contribution in [0.15, 0.2) is 23.1 Å². The quantitative estimate of drug-likeness (QED) is 0.476. The SMILES string of the molecule is COc1ccc(-c2sc(NCCC3CCCCC3)nc2C)cc1S(=O)(=O)NC1CCCNC1. The van der Waals surface area contributed by atoms with Gasteiger partial charge in [0.2, 0.25) is 10.0 Å². The monoisotopic (exact) mass is 492 g/mol. The Bertz CT molecular complexity index is 1030. The highest BCUT2D eigenvalue weighted by molar-refractivity contribution is 7.89. The van der Waals surface area contributed by atoms with E-state index in [-0.39, 0.29) is 10.9 Å². The van der Waals surface area contributed by atoms with Crippen LogP contribution < -0.4 is 20.1 Å². The summed E-state index contributed by atoms with van der Waals surface area (Å²) in [6.07, 6.45) is 9.76. The number of sulfonamides is 1.